The second kappa shape index (κ2) is 7.66. The number of benzene rings is 1. The van der Waals surface area contributed by atoms with Gasteiger partial charge in [-0.05, 0) is 37.5 Å². The lowest BCUT2D eigenvalue weighted by Gasteiger charge is -2.32. The zero-order chi connectivity index (χ0) is 18.8. The Balaban J connectivity index is 1.71. The number of rotatable bonds is 5. The molecule has 3 atom stereocenters. The fraction of sp³-hybridized carbons (Fsp3) is 0.450. The van der Waals surface area contributed by atoms with Crippen LogP contribution in [-0.2, 0) is 14.3 Å². The Bertz CT molecular complexity index is 774. The quantitative estimate of drug-likeness (QED) is 0.448. The summed E-state index contributed by atoms with van der Waals surface area (Å²) in [5.41, 5.74) is 3.84. The van der Waals surface area contributed by atoms with Crippen LogP contribution in [0.1, 0.15) is 41.5 Å². The van der Waals surface area contributed by atoms with Gasteiger partial charge in [0.2, 0.25) is 0 Å². The number of aryl methyl sites for hydroxylation is 3. The minimum absolute atomic E-state index is 0.0287. The predicted molar refractivity (Wildman–Crippen MR) is 99.3 cm³/mol. The van der Waals surface area contributed by atoms with Gasteiger partial charge in [-0.15, -0.1) is 0 Å². The maximum atomic E-state index is 12.8. The first-order valence-electron chi connectivity index (χ1n) is 8.70. The molecule has 0 radical (unpaired) electrons. The van der Waals surface area contributed by atoms with Crippen molar-refractivity contribution in [3.05, 3.63) is 46.8 Å². The number of oxazole rings is 1. The number of hydrogen-bond acceptors (Lipinski definition) is 6. The number of aromatic nitrogens is 1. The molecule has 0 saturated carbocycles. The van der Waals surface area contributed by atoms with Crippen molar-refractivity contribution in [1.29, 1.82) is 0 Å². The molecule has 26 heavy (non-hydrogen) atoms. The number of ether oxygens (including phenoxy) is 1. The number of carbonyl (C=O) groups is 2. The minimum atomic E-state index is -0.807. The summed E-state index contributed by atoms with van der Waals surface area (Å²) in [7, 11) is 0. The molecule has 2 heterocycles. The lowest BCUT2D eigenvalue weighted by atomic mass is 9.82. The predicted octanol–water partition coefficient (Wildman–Crippen LogP) is 4.00. The standard InChI is InChI=1S/C20H23NO4S/c1-11-7-12(2)17(13(3)8-11)18-15(22)9-16(25-19(18)23)14(4)10-26-20-21-5-6-24-20/h5-8,14,16,18H,9-10H2,1-4H3. The van der Waals surface area contributed by atoms with Crippen molar-refractivity contribution in [2.75, 3.05) is 5.75 Å². The van der Waals surface area contributed by atoms with E-state index in [0.29, 0.717) is 11.0 Å². The maximum Gasteiger partial charge on any atom is 0.321 e. The highest BCUT2D eigenvalue weighted by Crippen LogP contribution is 2.34. The van der Waals surface area contributed by atoms with E-state index in [1.807, 2.05) is 39.8 Å². The summed E-state index contributed by atoms with van der Waals surface area (Å²) in [4.78, 5) is 29.5. The second-order valence-electron chi connectivity index (χ2n) is 6.98. The first kappa shape index (κ1) is 18.7. The topological polar surface area (TPSA) is 69.4 Å². The van der Waals surface area contributed by atoms with Crippen LogP contribution >= 0.6 is 11.8 Å². The molecule has 0 N–H and O–H groups in total. The number of cyclic esters (lactones) is 1. The van der Waals surface area contributed by atoms with Gasteiger partial charge in [-0.25, -0.2) is 4.98 Å². The maximum absolute atomic E-state index is 12.8. The van der Waals surface area contributed by atoms with Gasteiger partial charge in [-0.3, -0.25) is 9.59 Å². The lowest BCUT2D eigenvalue weighted by Crippen LogP contribution is -2.41. The molecule has 0 aliphatic carbocycles. The van der Waals surface area contributed by atoms with Gasteiger partial charge in [-0.1, -0.05) is 36.4 Å². The highest BCUT2D eigenvalue weighted by atomic mass is 32.2. The molecule has 138 valence electrons. The molecule has 2 aromatic rings. The van der Waals surface area contributed by atoms with Crippen molar-refractivity contribution in [2.24, 2.45) is 5.92 Å². The van der Waals surface area contributed by atoms with Gasteiger partial charge >= 0.3 is 5.97 Å². The lowest BCUT2D eigenvalue weighted by molar-refractivity contribution is -0.162. The van der Waals surface area contributed by atoms with Crippen molar-refractivity contribution in [3.63, 3.8) is 0 Å². The monoisotopic (exact) mass is 373 g/mol. The van der Waals surface area contributed by atoms with E-state index in [1.165, 1.54) is 18.0 Å². The second-order valence-corrected chi connectivity index (χ2v) is 7.95. The third kappa shape index (κ3) is 3.85. The summed E-state index contributed by atoms with van der Waals surface area (Å²) in [5, 5.41) is 0.578. The van der Waals surface area contributed by atoms with Gasteiger partial charge in [0.1, 0.15) is 18.3 Å². The zero-order valence-electron chi connectivity index (χ0n) is 15.4. The molecule has 1 aliphatic rings. The summed E-state index contributed by atoms with van der Waals surface area (Å²) >= 11 is 1.45. The van der Waals surface area contributed by atoms with Crippen molar-refractivity contribution >= 4 is 23.5 Å². The van der Waals surface area contributed by atoms with Gasteiger partial charge in [0.25, 0.3) is 5.22 Å². The number of Topliss-reactive ketones (excluding diaryl/α,β-unsaturated/α-hetero) is 1. The van der Waals surface area contributed by atoms with Crippen LogP contribution in [0.15, 0.2) is 34.2 Å². The molecule has 0 amide bonds. The van der Waals surface area contributed by atoms with E-state index in [0.717, 1.165) is 22.3 Å². The van der Waals surface area contributed by atoms with E-state index < -0.39 is 18.0 Å². The Hall–Kier alpha value is -2.08. The average Bonchev–Trinajstić information content (AvgIpc) is 3.07. The van der Waals surface area contributed by atoms with Crippen molar-refractivity contribution < 1.29 is 18.7 Å². The molecule has 1 aromatic heterocycles. The van der Waals surface area contributed by atoms with Gasteiger partial charge in [0, 0.05) is 18.1 Å². The normalized spacial score (nSPS) is 21.5. The van der Waals surface area contributed by atoms with Crippen LogP contribution in [0.2, 0.25) is 0 Å². The Morgan fingerprint density at radius 3 is 2.50 bits per heavy atom. The summed E-state index contributed by atoms with van der Waals surface area (Å²) in [6.07, 6.45) is 2.96. The summed E-state index contributed by atoms with van der Waals surface area (Å²) in [6, 6.07) is 4.01. The Morgan fingerprint density at radius 1 is 1.23 bits per heavy atom. The van der Waals surface area contributed by atoms with Crippen LogP contribution in [0.3, 0.4) is 0 Å². The molecular weight excluding hydrogens is 350 g/mol. The highest BCUT2D eigenvalue weighted by molar-refractivity contribution is 7.99. The average molecular weight is 373 g/mol. The molecule has 0 bridgehead atoms. The molecule has 1 aliphatic heterocycles. The number of nitrogens with zero attached hydrogens (tertiary/aromatic N) is 1. The molecule has 0 spiro atoms. The van der Waals surface area contributed by atoms with E-state index in [1.54, 1.807) is 6.20 Å². The summed E-state index contributed by atoms with van der Waals surface area (Å²) < 4.78 is 10.9. The van der Waals surface area contributed by atoms with Crippen molar-refractivity contribution in [1.82, 2.24) is 4.98 Å². The molecule has 1 fully saturated rings. The van der Waals surface area contributed by atoms with Crippen LogP contribution in [0.25, 0.3) is 0 Å². The van der Waals surface area contributed by atoms with Crippen molar-refractivity contribution in [3.8, 4) is 0 Å². The third-order valence-corrected chi connectivity index (χ3v) is 5.91. The smallest absolute Gasteiger partial charge is 0.321 e. The van der Waals surface area contributed by atoms with Gasteiger partial charge in [-0.2, -0.15) is 0 Å². The molecular formula is C20H23NO4S. The molecule has 3 unspecified atom stereocenters. The molecule has 3 rings (SSSR count). The van der Waals surface area contributed by atoms with Crippen LogP contribution in [0.4, 0.5) is 0 Å². The molecule has 6 heteroatoms. The van der Waals surface area contributed by atoms with Gasteiger partial charge in [0.05, 0.1) is 6.20 Å². The zero-order valence-corrected chi connectivity index (χ0v) is 16.3. The van der Waals surface area contributed by atoms with E-state index in [2.05, 4.69) is 4.98 Å². The minimum Gasteiger partial charge on any atom is -0.461 e. The van der Waals surface area contributed by atoms with E-state index in [9.17, 15) is 9.59 Å². The first-order valence-corrected chi connectivity index (χ1v) is 9.68. The fourth-order valence-electron chi connectivity index (χ4n) is 3.54. The van der Waals surface area contributed by atoms with E-state index in [4.69, 9.17) is 9.15 Å². The first-order chi connectivity index (χ1) is 12.4. The van der Waals surface area contributed by atoms with Gasteiger partial charge in [0.15, 0.2) is 5.78 Å². The third-order valence-electron chi connectivity index (χ3n) is 4.77. The van der Waals surface area contributed by atoms with Gasteiger partial charge < -0.3 is 9.15 Å². The van der Waals surface area contributed by atoms with Crippen LogP contribution in [0, 0.1) is 26.7 Å². The Morgan fingerprint density at radius 2 is 1.92 bits per heavy atom. The molecule has 1 saturated heterocycles. The molecule has 1 aromatic carbocycles. The van der Waals surface area contributed by atoms with Crippen LogP contribution in [-0.4, -0.2) is 28.6 Å². The number of esters is 1. The Kier molecular flexibility index (Phi) is 5.51. The fourth-order valence-corrected chi connectivity index (χ4v) is 4.42. The SMILES string of the molecule is Cc1cc(C)c(C2C(=O)CC(C(C)CSc3ncco3)OC2=O)c(C)c1. The number of thioether (sulfide) groups is 1. The summed E-state index contributed by atoms with van der Waals surface area (Å²) in [5.74, 6) is -0.609. The van der Waals surface area contributed by atoms with Crippen LogP contribution < -0.4 is 0 Å². The highest BCUT2D eigenvalue weighted by Gasteiger charge is 2.41. The van der Waals surface area contributed by atoms with Crippen molar-refractivity contribution in [2.45, 2.75) is 51.4 Å². The molecule has 5 nitrogen and oxygen atoms in total. The number of hydrogen-bond donors (Lipinski definition) is 0. The van der Waals surface area contributed by atoms with E-state index in [-0.39, 0.29) is 18.1 Å². The Labute approximate surface area is 157 Å². The number of carbonyl (C=O) groups excluding carboxylic acids is 2. The van der Waals surface area contributed by atoms with Crippen LogP contribution in [0.5, 0.6) is 0 Å². The largest absolute Gasteiger partial charge is 0.461 e. The van der Waals surface area contributed by atoms with E-state index >= 15 is 0 Å². The number of ketones is 1. The summed E-state index contributed by atoms with van der Waals surface area (Å²) in [6.45, 7) is 7.87.